The molecule has 0 bridgehead atoms. The Morgan fingerprint density at radius 3 is 2.93 bits per heavy atom. The van der Waals surface area contributed by atoms with E-state index in [0.717, 1.165) is 75.7 Å². The number of aliphatic imine (C=N–C) groups is 1. The Labute approximate surface area is 243 Å². The predicted octanol–water partition coefficient (Wildman–Crippen LogP) is 5.55. The molecular formula is C32H46FN3O5. The molecule has 5 rings (SSSR count). The summed E-state index contributed by atoms with van der Waals surface area (Å²) >= 11 is 0. The summed E-state index contributed by atoms with van der Waals surface area (Å²) in [6, 6.07) is 3.57. The highest BCUT2D eigenvalue weighted by molar-refractivity contribution is 5.87. The molecule has 0 saturated carbocycles. The zero-order chi connectivity index (χ0) is 29.0. The van der Waals surface area contributed by atoms with Crippen molar-refractivity contribution >= 4 is 11.7 Å². The highest BCUT2D eigenvalue weighted by Gasteiger charge is 2.38. The average Bonchev–Trinajstić information content (AvgIpc) is 3.41. The molecule has 0 radical (unpaired) electrons. The molecule has 0 spiro atoms. The summed E-state index contributed by atoms with van der Waals surface area (Å²) in [6.45, 7) is 7.63. The summed E-state index contributed by atoms with van der Waals surface area (Å²) in [7, 11) is 1.78. The molecule has 3 unspecified atom stereocenters. The minimum Gasteiger partial charge on any atom is -0.480 e. The highest BCUT2D eigenvalue weighted by atomic mass is 19.1. The van der Waals surface area contributed by atoms with Gasteiger partial charge in [0.25, 0.3) is 0 Å². The molecule has 2 saturated heterocycles. The molecule has 1 aromatic rings. The van der Waals surface area contributed by atoms with Crippen LogP contribution in [-0.4, -0.2) is 73.9 Å². The topological polar surface area (TPSA) is 92.6 Å². The maximum Gasteiger partial charge on any atom is 0.325 e. The molecule has 1 aromatic carbocycles. The number of hydrogen-bond acceptors (Lipinski definition) is 7. The van der Waals surface area contributed by atoms with Gasteiger partial charge in [0.1, 0.15) is 17.7 Å². The van der Waals surface area contributed by atoms with E-state index >= 15 is 0 Å². The fraction of sp³-hybridized carbons (Fsp3) is 0.688. The van der Waals surface area contributed by atoms with Crippen molar-refractivity contribution in [3.63, 3.8) is 0 Å². The Balaban J connectivity index is 1.13. The Morgan fingerprint density at radius 1 is 1.32 bits per heavy atom. The molecule has 226 valence electrons. The van der Waals surface area contributed by atoms with Crippen LogP contribution in [0.15, 0.2) is 34.6 Å². The number of carboxylic acid groups (broad SMARTS) is 1. The largest absolute Gasteiger partial charge is 0.480 e. The second kappa shape index (κ2) is 13.3. The smallest absolute Gasteiger partial charge is 0.325 e. The van der Waals surface area contributed by atoms with Crippen molar-refractivity contribution in [2.24, 2.45) is 10.4 Å². The maximum absolute atomic E-state index is 14.4. The normalized spacial score (nSPS) is 27.2. The van der Waals surface area contributed by atoms with Crippen LogP contribution in [0.2, 0.25) is 0 Å². The number of carbonyl (C=O) groups is 1. The zero-order valence-corrected chi connectivity index (χ0v) is 24.8. The third-order valence-electron chi connectivity index (χ3n) is 9.02. The van der Waals surface area contributed by atoms with Crippen LogP contribution in [0.25, 0.3) is 0 Å². The maximum atomic E-state index is 14.4. The minimum absolute atomic E-state index is 0.0374. The first-order valence-electron chi connectivity index (χ1n) is 15.3. The molecule has 2 fully saturated rings. The molecule has 0 amide bonds. The molecule has 4 heterocycles. The van der Waals surface area contributed by atoms with Crippen molar-refractivity contribution in [1.29, 1.82) is 0 Å². The summed E-state index contributed by atoms with van der Waals surface area (Å²) in [5, 5.41) is 13.7. The van der Waals surface area contributed by atoms with Gasteiger partial charge in [0, 0.05) is 51.1 Å². The molecule has 4 atom stereocenters. The van der Waals surface area contributed by atoms with Gasteiger partial charge < -0.3 is 24.6 Å². The lowest BCUT2D eigenvalue weighted by Crippen LogP contribution is -2.35. The van der Waals surface area contributed by atoms with Gasteiger partial charge in [-0.2, -0.15) is 0 Å². The van der Waals surface area contributed by atoms with E-state index in [2.05, 4.69) is 19.2 Å². The molecule has 4 aliphatic rings. The number of unbranched alkanes of at least 4 members (excludes halogenated alkanes) is 1. The van der Waals surface area contributed by atoms with Gasteiger partial charge in [0.15, 0.2) is 0 Å². The number of carboxylic acids is 1. The molecule has 4 aliphatic heterocycles. The first kappa shape index (κ1) is 30.1. The molecular weight excluding hydrogens is 525 g/mol. The summed E-state index contributed by atoms with van der Waals surface area (Å²) in [5.41, 5.74) is 3.85. The van der Waals surface area contributed by atoms with Gasteiger partial charge in [-0.3, -0.25) is 9.69 Å². The van der Waals surface area contributed by atoms with Crippen LogP contribution >= 0.6 is 0 Å². The molecule has 2 N–H and O–H groups in total. The van der Waals surface area contributed by atoms with E-state index in [4.69, 9.17) is 19.2 Å². The Morgan fingerprint density at radius 2 is 2.17 bits per heavy atom. The van der Waals surface area contributed by atoms with Gasteiger partial charge in [-0.05, 0) is 80.0 Å². The van der Waals surface area contributed by atoms with E-state index in [0.29, 0.717) is 31.9 Å². The lowest BCUT2D eigenvalue weighted by atomic mass is 9.82. The number of methoxy groups -OCH3 is 1. The van der Waals surface area contributed by atoms with E-state index in [-0.39, 0.29) is 23.7 Å². The third-order valence-corrected chi connectivity index (χ3v) is 9.02. The Bertz CT molecular complexity index is 1140. The Hall–Kier alpha value is -2.33. The monoisotopic (exact) mass is 571 g/mol. The number of hydrogen-bond donors (Lipinski definition) is 2. The van der Waals surface area contributed by atoms with E-state index in [1.165, 1.54) is 23.4 Å². The van der Waals surface area contributed by atoms with Gasteiger partial charge in [0.05, 0.1) is 24.9 Å². The van der Waals surface area contributed by atoms with Crippen LogP contribution in [0.5, 0.6) is 0 Å². The van der Waals surface area contributed by atoms with E-state index in [9.17, 15) is 14.3 Å². The van der Waals surface area contributed by atoms with Crippen LogP contribution in [0.4, 0.5) is 4.39 Å². The van der Waals surface area contributed by atoms with Gasteiger partial charge >= 0.3 is 5.97 Å². The first-order valence-corrected chi connectivity index (χ1v) is 15.3. The predicted molar refractivity (Wildman–Crippen MR) is 155 cm³/mol. The lowest BCUT2D eigenvalue weighted by Gasteiger charge is -2.36. The fourth-order valence-electron chi connectivity index (χ4n) is 6.68. The number of nitrogens with zero attached hydrogens (tertiary/aromatic N) is 2. The number of rotatable bonds is 11. The minimum atomic E-state index is -0.970. The third kappa shape index (κ3) is 7.37. The standard InChI is InChI=1S/C32H46FN3O5/c1-32(2)13-11-27(41-20-32)24-10-9-21(33)17-26(24)29(31(37)38)36-15-12-23(19-36)40-16-5-4-7-22-18-28(39-3)25-8-6-14-34-30(25)35-22/h9-10,17,23,27-29,34H,4-8,11-16,18-20H2,1-3H3,(H,37,38)/t23-,27?,28?,29?/m1/s1. The number of ether oxygens (including phenoxy) is 3. The van der Waals surface area contributed by atoms with Crippen LogP contribution in [0.1, 0.15) is 94.9 Å². The van der Waals surface area contributed by atoms with Crippen LogP contribution in [0.3, 0.4) is 0 Å². The van der Waals surface area contributed by atoms with E-state index < -0.39 is 17.8 Å². The highest BCUT2D eigenvalue weighted by Crippen LogP contribution is 2.41. The van der Waals surface area contributed by atoms with E-state index in [1.54, 1.807) is 13.2 Å². The van der Waals surface area contributed by atoms with Crippen molar-refractivity contribution in [3.8, 4) is 0 Å². The van der Waals surface area contributed by atoms with Crippen molar-refractivity contribution in [2.75, 3.05) is 40.0 Å². The second-order valence-corrected chi connectivity index (χ2v) is 12.8. The molecule has 0 aliphatic carbocycles. The molecule has 9 heteroatoms. The zero-order valence-electron chi connectivity index (χ0n) is 24.8. The number of likely N-dealkylation sites (tertiary alicyclic amines) is 1. The molecule has 8 nitrogen and oxygen atoms in total. The quantitative estimate of drug-likeness (QED) is 0.337. The fourth-order valence-corrected chi connectivity index (χ4v) is 6.68. The van der Waals surface area contributed by atoms with Crippen molar-refractivity contribution in [1.82, 2.24) is 10.2 Å². The summed E-state index contributed by atoms with van der Waals surface area (Å²) in [5.74, 6) is -0.383. The van der Waals surface area contributed by atoms with Crippen molar-refractivity contribution < 1.29 is 28.5 Å². The second-order valence-electron chi connectivity index (χ2n) is 12.8. The van der Waals surface area contributed by atoms with Crippen LogP contribution in [0, 0.1) is 11.2 Å². The van der Waals surface area contributed by atoms with Gasteiger partial charge in [-0.15, -0.1) is 0 Å². The number of benzene rings is 1. The molecule has 41 heavy (non-hydrogen) atoms. The summed E-state index contributed by atoms with van der Waals surface area (Å²) < 4.78 is 32.5. The average molecular weight is 572 g/mol. The number of halogens is 1. The van der Waals surface area contributed by atoms with Crippen LogP contribution < -0.4 is 5.32 Å². The van der Waals surface area contributed by atoms with Crippen LogP contribution in [-0.2, 0) is 19.0 Å². The van der Waals surface area contributed by atoms with Gasteiger partial charge in [0.2, 0.25) is 0 Å². The number of nitrogens with one attached hydrogen (secondary N) is 1. The summed E-state index contributed by atoms with van der Waals surface area (Å²) in [6.07, 6.45) is 8.25. The van der Waals surface area contributed by atoms with Gasteiger partial charge in [-0.1, -0.05) is 19.9 Å². The first-order chi connectivity index (χ1) is 19.7. The molecule has 0 aromatic heterocycles. The summed E-state index contributed by atoms with van der Waals surface area (Å²) in [4.78, 5) is 19.3. The van der Waals surface area contributed by atoms with Gasteiger partial charge in [-0.25, -0.2) is 9.38 Å². The lowest BCUT2D eigenvalue weighted by molar-refractivity contribution is -0.143. The van der Waals surface area contributed by atoms with E-state index in [1.807, 2.05) is 4.90 Å². The number of aliphatic carboxylic acids is 1. The van der Waals surface area contributed by atoms with Crippen molar-refractivity contribution in [2.45, 2.75) is 96.0 Å². The van der Waals surface area contributed by atoms with Crippen molar-refractivity contribution in [3.05, 3.63) is 46.5 Å². The SMILES string of the molecule is COC1CC(CCCCO[C@@H]2CCN(C(C(=O)O)c3cc(F)ccc3C3CCC(C)(C)CO3)C2)=NC2=C1CCCN2. The Kier molecular flexibility index (Phi) is 9.79.